The van der Waals surface area contributed by atoms with Crippen molar-refractivity contribution in [3.8, 4) is 0 Å². The largest absolute Gasteiger partial charge is 0.386 e. The monoisotopic (exact) mass is 403 g/mol. The molecule has 28 heavy (non-hydrogen) atoms. The fourth-order valence-corrected chi connectivity index (χ4v) is 3.73. The molecule has 2 N–H and O–H groups in total. The van der Waals surface area contributed by atoms with Crippen LogP contribution in [0.15, 0.2) is 41.3 Å². The average Bonchev–Trinajstić information content (AvgIpc) is 2.60. The molecular weight excluding hydrogens is 373 g/mol. The van der Waals surface area contributed by atoms with Gasteiger partial charge in [-0.1, -0.05) is 39.8 Å². The van der Waals surface area contributed by atoms with Crippen molar-refractivity contribution in [1.82, 2.24) is 4.72 Å². The lowest BCUT2D eigenvalue weighted by Crippen LogP contribution is -2.20. The van der Waals surface area contributed by atoms with Crippen molar-refractivity contribution in [1.29, 1.82) is 0 Å². The van der Waals surface area contributed by atoms with E-state index in [0.29, 0.717) is 0 Å². The van der Waals surface area contributed by atoms with Gasteiger partial charge in [0.25, 0.3) is 0 Å². The standard InChI is InChI=1S/C23H30FNO2S/c1-14(2)19-11-17(24)12-20(15(3)4)21(19)13-22(26)25-28-18-9-7-16(8-10-18)23(5,6)27/h7-12,14-15,27H,13H2,1-6H3,(H,25,26). The Balaban J connectivity index is 2.13. The normalized spacial score (nSPS) is 11.9. The van der Waals surface area contributed by atoms with Crippen LogP contribution in [0, 0.1) is 5.82 Å². The second kappa shape index (κ2) is 9.10. The maximum absolute atomic E-state index is 14.0. The second-order valence-electron chi connectivity index (χ2n) is 8.26. The number of hydrogen-bond donors (Lipinski definition) is 2. The summed E-state index contributed by atoms with van der Waals surface area (Å²) in [5, 5.41) is 10.0. The zero-order valence-electron chi connectivity index (χ0n) is 17.5. The van der Waals surface area contributed by atoms with Gasteiger partial charge in [0.2, 0.25) is 5.91 Å². The van der Waals surface area contributed by atoms with Crippen LogP contribution < -0.4 is 4.72 Å². The molecule has 2 aromatic rings. The first-order valence-electron chi connectivity index (χ1n) is 9.59. The van der Waals surface area contributed by atoms with E-state index in [0.717, 1.165) is 27.1 Å². The number of carbonyl (C=O) groups is 1. The maximum Gasteiger partial charge on any atom is 0.234 e. The molecule has 0 aliphatic heterocycles. The van der Waals surface area contributed by atoms with E-state index >= 15 is 0 Å². The van der Waals surface area contributed by atoms with E-state index in [1.165, 1.54) is 11.9 Å². The third kappa shape index (κ3) is 5.82. The Hall–Kier alpha value is -1.85. The lowest BCUT2D eigenvalue weighted by Gasteiger charge is -2.20. The van der Waals surface area contributed by atoms with E-state index in [1.54, 1.807) is 26.0 Å². The number of halogens is 1. The molecule has 0 fully saturated rings. The summed E-state index contributed by atoms with van der Waals surface area (Å²) in [5.41, 5.74) is 2.62. The Kier molecular flexibility index (Phi) is 7.29. The van der Waals surface area contributed by atoms with Gasteiger partial charge < -0.3 is 5.11 Å². The number of nitrogens with one attached hydrogen (secondary N) is 1. The minimum Gasteiger partial charge on any atom is -0.386 e. The van der Waals surface area contributed by atoms with E-state index in [-0.39, 0.29) is 30.0 Å². The Morgan fingerprint density at radius 2 is 1.57 bits per heavy atom. The molecule has 0 atom stereocenters. The molecule has 0 aromatic heterocycles. The van der Waals surface area contributed by atoms with Crippen LogP contribution in [0.4, 0.5) is 4.39 Å². The fraction of sp³-hybridized carbons (Fsp3) is 0.435. The number of hydrogen-bond acceptors (Lipinski definition) is 3. The quantitative estimate of drug-likeness (QED) is 0.586. The highest BCUT2D eigenvalue weighted by Crippen LogP contribution is 2.30. The molecule has 3 nitrogen and oxygen atoms in total. The molecule has 0 bridgehead atoms. The summed E-state index contributed by atoms with van der Waals surface area (Å²) in [6.45, 7) is 11.5. The summed E-state index contributed by atoms with van der Waals surface area (Å²) in [7, 11) is 0. The van der Waals surface area contributed by atoms with Crippen molar-refractivity contribution in [2.75, 3.05) is 0 Å². The van der Waals surface area contributed by atoms with E-state index in [4.69, 9.17) is 0 Å². The smallest absolute Gasteiger partial charge is 0.234 e. The third-order valence-corrected chi connectivity index (χ3v) is 5.55. The average molecular weight is 404 g/mol. The van der Waals surface area contributed by atoms with Gasteiger partial charge in [0.1, 0.15) is 5.82 Å². The minimum atomic E-state index is -0.893. The van der Waals surface area contributed by atoms with Gasteiger partial charge in [0.15, 0.2) is 0 Å². The Bertz CT molecular complexity index is 794. The summed E-state index contributed by atoms with van der Waals surface area (Å²) in [6, 6.07) is 10.5. The third-order valence-electron chi connectivity index (χ3n) is 4.71. The number of aliphatic hydroxyl groups is 1. The van der Waals surface area contributed by atoms with Gasteiger partial charge in [0, 0.05) is 4.90 Å². The highest BCUT2D eigenvalue weighted by molar-refractivity contribution is 7.98. The van der Waals surface area contributed by atoms with Crippen molar-refractivity contribution in [3.05, 3.63) is 64.5 Å². The molecule has 0 heterocycles. The van der Waals surface area contributed by atoms with Crippen LogP contribution in [0.3, 0.4) is 0 Å². The zero-order valence-corrected chi connectivity index (χ0v) is 18.3. The molecule has 1 amide bonds. The van der Waals surface area contributed by atoms with Crippen molar-refractivity contribution >= 4 is 17.9 Å². The minimum absolute atomic E-state index is 0.119. The van der Waals surface area contributed by atoms with Gasteiger partial charge >= 0.3 is 0 Å². The van der Waals surface area contributed by atoms with Crippen molar-refractivity contribution < 1.29 is 14.3 Å². The molecular formula is C23H30FNO2S. The van der Waals surface area contributed by atoms with Crippen LogP contribution >= 0.6 is 11.9 Å². The topological polar surface area (TPSA) is 49.3 Å². The van der Waals surface area contributed by atoms with Gasteiger partial charge in [-0.2, -0.15) is 0 Å². The van der Waals surface area contributed by atoms with E-state index < -0.39 is 5.60 Å². The molecule has 0 spiro atoms. The van der Waals surface area contributed by atoms with Crippen molar-refractivity contribution in [3.63, 3.8) is 0 Å². The molecule has 0 radical (unpaired) electrons. The van der Waals surface area contributed by atoms with Gasteiger partial charge in [-0.25, -0.2) is 4.39 Å². The molecule has 2 aromatic carbocycles. The first-order valence-corrected chi connectivity index (χ1v) is 10.4. The molecule has 0 unspecified atom stereocenters. The Labute approximate surface area is 171 Å². The van der Waals surface area contributed by atoms with Crippen LogP contribution in [0.2, 0.25) is 0 Å². The van der Waals surface area contributed by atoms with Crippen LogP contribution in [-0.2, 0) is 16.8 Å². The van der Waals surface area contributed by atoms with E-state index in [1.807, 2.05) is 52.0 Å². The SMILES string of the molecule is CC(C)c1cc(F)cc(C(C)C)c1CC(=O)NSc1ccc(C(C)(C)O)cc1. The van der Waals surface area contributed by atoms with Crippen molar-refractivity contribution in [2.45, 2.75) is 70.3 Å². The molecule has 0 aliphatic carbocycles. The number of benzene rings is 2. The Morgan fingerprint density at radius 3 is 2.00 bits per heavy atom. The summed E-state index contributed by atoms with van der Waals surface area (Å²) in [6.07, 6.45) is 0.218. The second-order valence-corrected chi connectivity index (χ2v) is 9.14. The summed E-state index contributed by atoms with van der Waals surface area (Å²) in [5.74, 6) is -0.0964. The molecule has 0 saturated carbocycles. The highest BCUT2D eigenvalue weighted by atomic mass is 32.2. The predicted octanol–water partition coefficient (Wildman–Crippen LogP) is 5.67. The molecule has 0 saturated heterocycles. The molecule has 5 heteroatoms. The van der Waals surface area contributed by atoms with Crippen LogP contribution in [0.5, 0.6) is 0 Å². The summed E-state index contributed by atoms with van der Waals surface area (Å²) in [4.78, 5) is 13.5. The predicted molar refractivity (Wildman–Crippen MR) is 114 cm³/mol. The summed E-state index contributed by atoms with van der Waals surface area (Å²) < 4.78 is 16.9. The lowest BCUT2D eigenvalue weighted by molar-refractivity contribution is -0.118. The van der Waals surface area contributed by atoms with Crippen LogP contribution in [-0.4, -0.2) is 11.0 Å². The van der Waals surface area contributed by atoms with Crippen molar-refractivity contribution in [2.24, 2.45) is 0 Å². The maximum atomic E-state index is 14.0. The van der Waals surface area contributed by atoms with Crippen LogP contribution in [0.25, 0.3) is 0 Å². The zero-order chi connectivity index (χ0) is 21.1. The first-order chi connectivity index (χ1) is 13.0. The lowest BCUT2D eigenvalue weighted by atomic mass is 9.87. The number of amides is 1. The highest BCUT2D eigenvalue weighted by Gasteiger charge is 2.19. The number of carbonyl (C=O) groups excluding carboxylic acids is 1. The molecule has 0 aliphatic rings. The van der Waals surface area contributed by atoms with E-state index in [9.17, 15) is 14.3 Å². The van der Waals surface area contributed by atoms with E-state index in [2.05, 4.69) is 4.72 Å². The molecule has 2 rings (SSSR count). The van der Waals surface area contributed by atoms with Gasteiger partial charge in [0.05, 0.1) is 12.0 Å². The first kappa shape index (κ1) is 22.4. The van der Waals surface area contributed by atoms with Gasteiger partial charge in [-0.15, -0.1) is 0 Å². The number of rotatable bonds is 7. The fourth-order valence-electron chi connectivity index (χ4n) is 3.16. The van der Waals surface area contributed by atoms with Gasteiger partial charge in [-0.3, -0.25) is 9.52 Å². The Morgan fingerprint density at radius 1 is 1.07 bits per heavy atom. The van der Waals surface area contributed by atoms with Gasteiger partial charge in [-0.05, 0) is 84.2 Å². The summed E-state index contributed by atoms with van der Waals surface area (Å²) >= 11 is 1.24. The molecule has 152 valence electrons. The van der Waals surface area contributed by atoms with Crippen LogP contribution in [0.1, 0.15) is 75.6 Å².